The Morgan fingerprint density at radius 2 is 2.00 bits per heavy atom. The van der Waals surface area contributed by atoms with Gasteiger partial charge in [0.1, 0.15) is 18.1 Å². The molecule has 3 rings (SSSR count). The highest BCUT2D eigenvalue weighted by atomic mass is 16.5. The molecule has 0 aliphatic heterocycles. The molecule has 1 fully saturated rings. The van der Waals surface area contributed by atoms with Gasteiger partial charge in [-0.3, -0.25) is 4.79 Å². The number of benzene rings is 1. The number of esters is 1. The fourth-order valence-corrected chi connectivity index (χ4v) is 2.93. The summed E-state index contributed by atoms with van der Waals surface area (Å²) >= 11 is 0. The Labute approximate surface area is 135 Å². The third-order valence-corrected chi connectivity index (χ3v) is 4.24. The minimum Gasteiger partial charge on any atom is -0.497 e. The van der Waals surface area contributed by atoms with E-state index in [1.54, 1.807) is 13.2 Å². The van der Waals surface area contributed by atoms with E-state index in [0.717, 1.165) is 24.2 Å². The van der Waals surface area contributed by atoms with E-state index in [-0.39, 0.29) is 12.6 Å². The molecule has 0 bridgehead atoms. The second kappa shape index (κ2) is 7.31. The monoisotopic (exact) mass is 315 g/mol. The molecule has 1 heterocycles. The van der Waals surface area contributed by atoms with Gasteiger partial charge in [-0.1, -0.05) is 18.0 Å². The zero-order chi connectivity index (χ0) is 16.1. The Hall–Kier alpha value is -2.30. The van der Waals surface area contributed by atoms with Crippen LogP contribution >= 0.6 is 0 Å². The van der Waals surface area contributed by atoms with Crippen LogP contribution in [0.5, 0.6) is 5.75 Å². The number of hydrogen-bond donors (Lipinski definition) is 0. The van der Waals surface area contributed by atoms with Gasteiger partial charge in [-0.05, 0) is 43.0 Å². The molecule has 0 saturated heterocycles. The maximum atomic E-state index is 11.8. The Kier molecular flexibility index (Phi) is 4.95. The number of hydrogen-bond acceptors (Lipinski definition) is 5. The van der Waals surface area contributed by atoms with Crippen molar-refractivity contribution in [1.82, 2.24) is 5.16 Å². The maximum absolute atomic E-state index is 11.8. The summed E-state index contributed by atoms with van der Waals surface area (Å²) in [6.07, 6.45) is 5.25. The van der Waals surface area contributed by atoms with Gasteiger partial charge in [0, 0.05) is 18.1 Å². The summed E-state index contributed by atoms with van der Waals surface area (Å²) < 4.78 is 15.7. The molecule has 0 radical (unpaired) electrons. The van der Waals surface area contributed by atoms with Gasteiger partial charge in [0.15, 0.2) is 5.76 Å². The van der Waals surface area contributed by atoms with Crippen LogP contribution in [0.4, 0.5) is 0 Å². The van der Waals surface area contributed by atoms with E-state index in [4.69, 9.17) is 14.0 Å². The largest absolute Gasteiger partial charge is 0.497 e. The zero-order valence-corrected chi connectivity index (χ0v) is 13.3. The minimum atomic E-state index is -0.147. The number of methoxy groups -OCH3 is 1. The molecule has 0 amide bonds. The fraction of sp³-hybridized carbons (Fsp3) is 0.444. The lowest BCUT2D eigenvalue weighted by Gasteiger charge is -2.07. The van der Waals surface area contributed by atoms with Crippen LogP contribution in [0.15, 0.2) is 34.9 Å². The third kappa shape index (κ3) is 4.12. The molecule has 1 saturated carbocycles. The second-order valence-electron chi connectivity index (χ2n) is 5.93. The molecule has 23 heavy (non-hydrogen) atoms. The first-order valence-corrected chi connectivity index (χ1v) is 8.00. The lowest BCUT2D eigenvalue weighted by Crippen LogP contribution is -2.09. The van der Waals surface area contributed by atoms with Crippen molar-refractivity contribution in [1.29, 1.82) is 0 Å². The van der Waals surface area contributed by atoms with Crippen LogP contribution in [0.1, 0.15) is 37.8 Å². The van der Waals surface area contributed by atoms with Crippen LogP contribution in [0.2, 0.25) is 0 Å². The van der Waals surface area contributed by atoms with Gasteiger partial charge in [-0.15, -0.1) is 0 Å². The van der Waals surface area contributed by atoms with Crippen LogP contribution in [0.3, 0.4) is 0 Å². The highest BCUT2D eigenvalue weighted by molar-refractivity contribution is 5.69. The maximum Gasteiger partial charge on any atom is 0.306 e. The summed E-state index contributed by atoms with van der Waals surface area (Å²) in [6.45, 7) is 0.158. The summed E-state index contributed by atoms with van der Waals surface area (Å²) in [5.74, 6) is 1.78. The normalized spacial score (nSPS) is 14.8. The van der Waals surface area contributed by atoms with Crippen LogP contribution in [0, 0.1) is 5.92 Å². The van der Waals surface area contributed by atoms with Crippen molar-refractivity contribution in [2.45, 2.75) is 38.7 Å². The summed E-state index contributed by atoms with van der Waals surface area (Å²) in [4.78, 5) is 11.8. The number of carbonyl (C=O) groups is 1. The topological polar surface area (TPSA) is 61.6 Å². The fourth-order valence-electron chi connectivity index (χ4n) is 2.93. The Morgan fingerprint density at radius 3 is 2.70 bits per heavy atom. The van der Waals surface area contributed by atoms with Crippen LogP contribution < -0.4 is 4.74 Å². The highest BCUT2D eigenvalue weighted by Gasteiger charge is 2.19. The molecule has 1 aliphatic rings. The number of ether oxygens (including phenoxy) is 2. The van der Waals surface area contributed by atoms with Gasteiger partial charge < -0.3 is 14.0 Å². The average molecular weight is 315 g/mol. The van der Waals surface area contributed by atoms with E-state index < -0.39 is 0 Å². The second-order valence-corrected chi connectivity index (χ2v) is 5.93. The molecule has 1 aromatic heterocycles. The molecule has 5 heteroatoms. The molecule has 5 nitrogen and oxygen atoms in total. The molecule has 122 valence electrons. The van der Waals surface area contributed by atoms with E-state index in [1.165, 1.54) is 12.8 Å². The van der Waals surface area contributed by atoms with Gasteiger partial charge in [0.2, 0.25) is 0 Å². The smallest absolute Gasteiger partial charge is 0.306 e. The molecule has 0 unspecified atom stereocenters. The predicted molar refractivity (Wildman–Crippen MR) is 84.9 cm³/mol. The SMILES string of the molecule is COc1ccc(-c2cc(COC(=O)CC3CCCC3)no2)cc1. The number of rotatable bonds is 6. The summed E-state index contributed by atoms with van der Waals surface area (Å²) in [6, 6.07) is 9.31. The Bertz CT molecular complexity index is 641. The summed E-state index contributed by atoms with van der Waals surface area (Å²) in [5, 5.41) is 3.96. The minimum absolute atomic E-state index is 0.147. The quantitative estimate of drug-likeness (QED) is 0.755. The predicted octanol–water partition coefficient (Wildman–Crippen LogP) is 3.97. The van der Waals surface area contributed by atoms with E-state index in [9.17, 15) is 4.79 Å². The van der Waals surface area contributed by atoms with Crippen molar-refractivity contribution >= 4 is 5.97 Å². The van der Waals surface area contributed by atoms with Crippen molar-refractivity contribution in [3.8, 4) is 17.1 Å². The van der Waals surface area contributed by atoms with Crippen LogP contribution in [-0.4, -0.2) is 18.2 Å². The Balaban J connectivity index is 1.53. The van der Waals surface area contributed by atoms with E-state index in [2.05, 4.69) is 5.16 Å². The van der Waals surface area contributed by atoms with E-state index in [1.807, 2.05) is 24.3 Å². The lowest BCUT2D eigenvalue weighted by atomic mass is 10.0. The molecule has 0 atom stereocenters. The molecule has 1 aromatic carbocycles. The molecular formula is C18H21NO4. The zero-order valence-electron chi connectivity index (χ0n) is 13.3. The van der Waals surface area contributed by atoms with Crippen molar-refractivity contribution in [2.75, 3.05) is 7.11 Å². The van der Waals surface area contributed by atoms with Gasteiger partial charge in [0.05, 0.1) is 7.11 Å². The van der Waals surface area contributed by atoms with Crippen LogP contribution in [0.25, 0.3) is 11.3 Å². The first kappa shape index (κ1) is 15.6. The Morgan fingerprint density at radius 1 is 1.26 bits per heavy atom. The lowest BCUT2D eigenvalue weighted by molar-refractivity contribution is -0.146. The van der Waals surface area contributed by atoms with Gasteiger partial charge in [-0.2, -0.15) is 0 Å². The number of carbonyl (C=O) groups excluding carboxylic acids is 1. The van der Waals surface area contributed by atoms with Crippen molar-refractivity contribution in [3.63, 3.8) is 0 Å². The number of nitrogens with zero attached hydrogens (tertiary/aromatic N) is 1. The number of aromatic nitrogens is 1. The van der Waals surface area contributed by atoms with Crippen molar-refractivity contribution in [3.05, 3.63) is 36.0 Å². The molecule has 2 aromatic rings. The molecular weight excluding hydrogens is 294 g/mol. The van der Waals surface area contributed by atoms with Crippen molar-refractivity contribution in [2.24, 2.45) is 5.92 Å². The highest BCUT2D eigenvalue weighted by Crippen LogP contribution is 2.28. The van der Waals surface area contributed by atoms with Crippen LogP contribution in [-0.2, 0) is 16.1 Å². The van der Waals surface area contributed by atoms with Gasteiger partial charge >= 0.3 is 5.97 Å². The van der Waals surface area contributed by atoms with E-state index in [0.29, 0.717) is 23.8 Å². The van der Waals surface area contributed by atoms with Crippen molar-refractivity contribution < 1.29 is 18.8 Å². The molecule has 0 N–H and O–H groups in total. The standard InChI is InChI=1S/C18H21NO4/c1-21-16-8-6-14(7-9-16)17-11-15(19-23-17)12-22-18(20)10-13-4-2-3-5-13/h6-9,11,13H,2-5,10,12H2,1H3. The third-order valence-electron chi connectivity index (χ3n) is 4.24. The average Bonchev–Trinajstić information content (AvgIpc) is 3.25. The molecule has 0 spiro atoms. The van der Waals surface area contributed by atoms with E-state index >= 15 is 0 Å². The summed E-state index contributed by atoms with van der Waals surface area (Å²) in [5.41, 5.74) is 1.53. The van der Waals surface area contributed by atoms with Gasteiger partial charge in [-0.25, -0.2) is 0 Å². The first-order chi connectivity index (χ1) is 11.2. The first-order valence-electron chi connectivity index (χ1n) is 8.00. The molecule has 1 aliphatic carbocycles. The van der Waals surface area contributed by atoms with Gasteiger partial charge in [0.25, 0.3) is 0 Å². The summed E-state index contributed by atoms with van der Waals surface area (Å²) in [7, 11) is 1.63.